The number of nitro benzene ring substituents is 1. The molecule has 0 saturated carbocycles. The Bertz CT molecular complexity index is 1070. The summed E-state index contributed by atoms with van der Waals surface area (Å²) in [5.41, 5.74) is 2.20. The van der Waals surface area contributed by atoms with Crippen molar-refractivity contribution in [1.29, 1.82) is 0 Å². The molecule has 2 N–H and O–H groups in total. The molecule has 0 unspecified atom stereocenters. The lowest BCUT2D eigenvalue weighted by Crippen LogP contribution is -2.16. The van der Waals surface area contributed by atoms with Crippen LogP contribution in [0.4, 0.5) is 24.5 Å². The third-order valence-corrected chi connectivity index (χ3v) is 4.75. The van der Waals surface area contributed by atoms with Crippen molar-refractivity contribution in [3.05, 3.63) is 73.0 Å². The van der Waals surface area contributed by atoms with Crippen LogP contribution in [0.25, 0.3) is 10.1 Å². The number of hydrogen-bond acceptors (Lipinski definition) is 6. The van der Waals surface area contributed by atoms with E-state index < -0.39 is 39.0 Å². The van der Waals surface area contributed by atoms with E-state index in [-0.39, 0.29) is 16.1 Å². The first-order valence-electron chi connectivity index (χ1n) is 7.20. The van der Waals surface area contributed by atoms with Crippen LogP contribution in [0, 0.1) is 10.1 Å². The van der Waals surface area contributed by atoms with E-state index in [9.17, 15) is 28.1 Å². The minimum absolute atomic E-state index is 0.216. The SMILES string of the molecule is Nc1c(C(F)(F)F)cc([N+](=O)[O-])c2sc(Cc3ccccc3)nc(=O)c12. The third-order valence-electron chi connectivity index (χ3n) is 3.66. The average molecular weight is 381 g/mol. The summed E-state index contributed by atoms with van der Waals surface area (Å²) in [5, 5.41) is 10.9. The Kier molecular flexibility index (Phi) is 4.36. The van der Waals surface area contributed by atoms with Crippen LogP contribution in [0.1, 0.15) is 16.1 Å². The number of hydrogen-bond donors (Lipinski definition) is 1. The topological polar surface area (TPSA) is 99.1 Å². The van der Waals surface area contributed by atoms with Gasteiger partial charge in [0.05, 0.1) is 21.6 Å². The number of anilines is 1. The highest BCUT2D eigenvalue weighted by Gasteiger charge is 2.37. The summed E-state index contributed by atoms with van der Waals surface area (Å²) in [7, 11) is 0. The van der Waals surface area contributed by atoms with Gasteiger partial charge in [0.25, 0.3) is 11.2 Å². The van der Waals surface area contributed by atoms with E-state index in [1.807, 2.05) is 0 Å². The molecule has 0 atom stereocenters. The highest BCUT2D eigenvalue weighted by atomic mass is 32.1. The average Bonchev–Trinajstić information content (AvgIpc) is 2.54. The fourth-order valence-electron chi connectivity index (χ4n) is 2.51. The molecular weight excluding hydrogens is 371 g/mol. The van der Waals surface area contributed by atoms with Crippen molar-refractivity contribution in [2.24, 2.45) is 0 Å². The van der Waals surface area contributed by atoms with Gasteiger partial charge in [-0.15, -0.1) is 11.3 Å². The molecule has 26 heavy (non-hydrogen) atoms. The molecule has 3 aromatic rings. The van der Waals surface area contributed by atoms with E-state index in [1.165, 1.54) is 0 Å². The predicted molar refractivity (Wildman–Crippen MR) is 91.2 cm³/mol. The van der Waals surface area contributed by atoms with Gasteiger partial charge in [0.1, 0.15) is 9.71 Å². The summed E-state index contributed by atoms with van der Waals surface area (Å²) in [5.74, 6) is 0. The van der Waals surface area contributed by atoms with Crippen LogP contribution < -0.4 is 11.3 Å². The number of nitrogens with zero attached hydrogens (tertiary/aromatic N) is 2. The minimum Gasteiger partial charge on any atom is -0.398 e. The van der Waals surface area contributed by atoms with Gasteiger partial charge in [-0.25, -0.2) is 4.98 Å². The molecule has 0 fully saturated rings. The van der Waals surface area contributed by atoms with Crippen molar-refractivity contribution >= 4 is 32.8 Å². The Balaban J connectivity index is 2.29. The third kappa shape index (κ3) is 3.23. The molecule has 0 saturated heterocycles. The van der Waals surface area contributed by atoms with E-state index in [2.05, 4.69) is 4.98 Å². The monoisotopic (exact) mass is 381 g/mol. The molecule has 0 bridgehead atoms. The quantitative estimate of drug-likeness (QED) is 0.423. The van der Waals surface area contributed by atoms with Crippen LogP contribution in [-0.2, 0) is 12.6 Å². The van der Waals surface area contributed by atoms with Crippen molar-refractivity contribution in [3.8, 4) is 0 Å². The highest BCUT2D eigenvalue weighted by Crippen LogP contribution is 2.41. The van der Waals surface area contributed by atoms with Crippen molar-refractivity contribution in [2.75, 3.05) is 5.73 Å². The van der Waals surface area contributed by atoms with Crippen molar-refractivity contribution < 1.29 is 18.1 Å². The fraction of sp³-hybridized carbons (Fsp3) is 0.125. The first-order chi connectivity index (χ1) is 12.2. The number of fused-ring (bicyclic) bond motifs is 1. The lowest BCUT2D eigenvalue weighted by atomic mass is 10.1. The molecule has 0 radical (unpaired) electrons. The summed E-state index contributed by atoms with van der Waals surface area (Å²) in [6.45, 7) is 0. The summed E-state index contributed by atoms with van der Waals surface area (Å²) in [4.78, 5) is 26.4. The zero-order chi connectivity index (χ0) is 19.1. The summed E-state index contributed by atoms with van der Waals surface area (Å²) >= 11 is 0.784. The van der Waals surface area contributed by atoms with Crippen molar-refractivity contribution in [2.45, 2.75) is 12.6 Å². The Hall–Kier alpha value is -3.01. The molecule has 1 aromatic heterocycles. The first-order valence-corrected chi connectivity index (χ1v) is 8.02. The van der Waals surface area contributed by atoms with Gasteiger partial charge in [-0.05, 0) is 5.56 Å². The molecule has 0 aliphatic heterocycles. The molecule has 10 heteroatoms. The molecule has 0 aliphatic carbocycles. The molecule has 2 aromatic carbocycles. The predicted octanol–water partition coefficient (Wildman–Crippen LogP) is 3.76. The van der Waals surface area contributed by atoms with E-state index >= 15 is 0 Å². The maximum atomic E-state index is 13.1. The van der Waals surface area contributed by atoms with Gasteiger partial charge in [0.15, 0.2) is 0 Å². The molecule has 3 rings (SSSR count). The number of nitrogens with two attached hydrogens (primary N) is 1. The maximum Gasteiger partial charge on any atom is 0.418 e. The first kappa shape index (κ1) is 17.8. The smallest absolute Gasteiger partial charge is 0.398 e. The molecule has 1 heterocycles. The number of alkyl halides is 3. The van der Waals surface area contributed by atoms with Gasteiger partial charge in [-0.1, -0.05) is 30.3 Å². The second kappa shape index (κ2) is 6.37. The number of rotatable bonds is 3. The van der Waals surface area contributed by atoms with Crippen LogP contribution in [0.3, 0.4) is 0 Å². The second-order valence-corrected chi connectivity index (χ2v) is 6.47. The molecule has 0 amide bonds. The van der Waals surface area contributed by atoms with Gasteiger partial charge < -0.3 is 5.73 Å². The maximum absolute atomic E-state index is 13.1. The van der Waals surface area contributed by atoms with Crippen molar-refractivity contribution in [1.82, 2.24) is 4.98 Å². The Morgan fingerprint density at radius 1 is 1.23 bits per heavy atom. The second-order valence-electron chi connectivity index (χ2n) is 5.39. The largest absolute Gasteiger partial charge is 0.418 e. The van der Waals surface area contributed by atoms with E-state index in [4.69, 9.17) is 5.73 Å². The highest BCUT2D eigenvalue weighted by molar-refractivity contribution is 7.18. The van der Waals surface area contributed by atoms with E-state index in [1.54, 1.807) is 30.3 Å². The van der Waals surface area contributed by atoms with Gasteiger partial charge in [-0.3, -0.25) is 14.9 Å². The Morgan fingerprint density at radius 2 is 1.88 bits per heavy atom. The van der Waals surface area contributed by atoms with Crippen LogP contribution in [0.5, 0.6) is 0 Å². The molecule has 0 aliphatic rings. The molecule has 0 spiro atoms. The lowest BCUT2D eigenvalue weighted by molar-refractivity contribution is -0.383. The van der Waals surface area contributed by atoms with Gasteiger partial charge >= 0.3 is 6.18 Å². The van der Waals surface area contributed by atoms with Gasteiger partial charge in [0.2, 0.25) is 0 Å². The number of halogens is 3. The lowest BCUT2D eigenvalue weighted by Gasteiger charge is -2.12. The number of aromatic nitrogens is 1. The number of non-ortho nitro benzene ring substituents is 1. The Morgan fingerprint density at radius 3 is 2.46 bits per heavy atom. The normalized spacial score (nSPS) is 11.7. The van der Waals surface area contributed by atoms with E-state index in [0.717, 1.165) is 16.9 Å². The summed E-state index contributed by atoms with van der Waals surface area (Å²) < 4.78 is 39.1. The van der Waals surface area contributed by atoms with Crippen molar-refractivity contribution in [3.63, 3.8) is 0 Å². The zero-order valence-corrected chi connectivity index (χ0v) is 13.7. The number of nitrogen functional groups attached to an aromatic ring is 1. The molecule has 134 valence electrons. The number of benzene rings is 2. The van der Waals surface area contributed by atoms with Crippen LogP contribution in [0.2, 0.25) is 0 Å². The number of nitro groups is 1. The summed E-state index contributed by atoms with van der Waals surface area (Å²) in [6.07, 6.45) is -4.71. The zero-order valence-electron chi connectivity index (χ0n) is 12.9. The van der Waals surface area contributed by atoms with Gasteiger partial charge in [0, 0.05) is 12.5 Å². The summed E-state index contributed by atoms with van der Waals surface area (Å²) in [6, 6.07) is 9.26. The standard InChI is InChI=1S/C16H10F3N3O3S/c17-16(18,19)9-7-10(22(24)25)14-12(13(9)20)15(23)21-11(26-14)6-8-4-2-1-3-5-8/h1-5,7H,6,20H2. The van der Waals surface area contributed by atoms with Crippen LogP contribution in [0.15, 0.2) is 41.2 Å². The van der Waals surface area contributed by atoms with Gasteiger partial charge in [-0.2, -0.15) is 13.2 Å². The van der Waals surface area contributed by atoms with E-state index in [0.29, 0.717) is 6.07 Å². The fourth-order valence-corrected chi connectivity index (χ4v) is 3.65. The van der Waals surface area contributed by atoms with Crippen LogP contribution in [-0.4, -0.2) is 9.91 Å². The molecule has 6 nitrogen and oxygen atoms in total. The van der Waals surface area contributed by atoms with Crippen LogP contribution >= 0.6 is 11.3 Å². The Labute approximate surface area is 147 Å². The molecular formula is C16H10F3N3O3S. The minimum atomic E-state index is -4.93.